The van der Waals surface area contributed by atoms with E-state index < -0.39 is 0 Å². The van der Waals surface area contributed by atoms with Crippen LogP contribution in [0, 0.1) is 0 Å². The molecular formula is C25H24N6. The van der Waals surface area contributed by atoms with Crippen LogP contribution in [0.4, 0.5) is 0 Å². The highest BCUT2D eigenvalue weighted by atomic mass is 15.1. The van der Waals surface area contributed by atoms with E-state index in [1.165, 1.54) is 6.20 Å². The molecule has 6 heteroatoms. The van der Waals surface area contributed by atoms with Gasteiger partial charge in [-0.3, -0.25) is 5.10 Å². The van der Waals surface area contributed by atoms with Crippen molar-refractivity contribution in [2.24, 2.45) is 16.5 Å². The van der Waals surface area contributed by atoms with Crippen LogP contribution in [0.2, 0.25) is 0 Å². The van der Waals surface area contributed by atoms with E-state index in [2.05, 4.69) is 44.8 Å². The van der Waals surface area contributed by atoms with Gasteiger partial charge in [0.1, 0.15) is 0 Å². The zero-order valence-corrected chi connectivity index (χ0v) is 17.0. The lowest BCUT2D eigenvalue weighted by Gasteiger charge is -2.11. The first kappa shape index (κ1) is 20.0. The van der Waals surface area contributed by atoms with Gasteiger partial charge in [-0.25, -0.2) is 4.99 Å². The van der Waals surface area contributed by atoms with Crippen LogP contribution in [0.1, 0.15) is 11.3 Å². The number of rotatable bonds is 6. The molecule has 0 spiro atoms. The van der Waals surface area contributed by atoms with Gasteiger partial charge in [-0.2, -0.15) is 5.10 Å². The Bertz CT molecular complexity index is 1190. The molecule has 0 fully saturated rings. The Hall–Kier alpha value is -4.32. The summed E-state index contributed by atoms with van der Waals surface area (Å²) in [6, 6.07) is 30.2. The lowest BCUT2D eigenvalue weighted by atomic mass is 10.0. The van der Waals surface area contributed by atoms with Crippen molar-refractivity contribution in [3.63, 3.8) is 0 Å². The number of hydrogen-bond donors (Lipinski definition) is 4. The largest absolute Gasteiger partial charge is 0.403 e. The van der Waals surface area contributed by atoms with Crippen molar-refractivity contribution in [3.8, 4) is 22.4 Å². The third-order valence-corrected chi connectivity index (χ3v) is 4.83. The van der Waals surface area contributed by atoms with E-state index in [9.17, 15) is 0 Å². The number of aromatic nitrogens is 2. The molecule has 0 aliphatic carbocycles. The molecule has 0 amide bonds. The standard InChI is InChI=1S/C25H24N6/c26-16-24(21-13-7-12-20(14-21)18-8-3-1-4-9-18)29-25(27)28-17-22-15-23(31-30-22)19-10-5-2-6-11-19/h1-16H,17,26H2,(H,30,31)(H3,27,28,29)/b24-16-. The number of aliphatic imine (C=N–C) groups is 1. The van der Waals surface area contributed by atoms with Gasteiger partial charge in [-0.15, -0.1) is 0 Å². The van der Waals surface area contributed by atoms with Crippen LogP contribution in [-0.4, -0.2) is 16.2 Å². The van der Waals surface area contributed by atoms with E-state index >= 15 is 0 Å². The minimum absolute atomic E-state index is 0.276. The summed E-state index contributed by atoms with van der Waals surface area (Å²) >= 11 is 0. The first-order valence-corrected chi connectivity index (χ1v) is 9.97. The summed E-state index contributed by atoms with van der Waals surface area (Å²) in [4.78, 5) is 4.41. The molecule has 6 nitrogen and oxygen atoms in total. The number of benzene rings is 3. The van der Waals surface area contributed by atoms with Crippen molar-refractivity contribution >= 4 is 11.7 Å². The second kappa shape index (κ2) is 9.45. The molecule has 4 aromatic rings. The van der Waals surface area contributed by atoms with Gasteiger partial charge < -0.3 is 16.8 Å². The second-order valence-electron chi connectivity index (χ2n) is 7.00. The molecule has 0 aliphatic heterocycles. The van der Waals surface area contributed by atoms with Crippen LogP contribution in [-0.2, 0) is 6.54 Å². The number of aromatic amines is 1. The summed E-state index contributed by atoms with van der Waals surface area (Å²) < 4.78 is 0. The normalized spacial score (nSPS) is 12.0. The van der Waals surface area contributed by atoms with E-state index in [0.717, 1.165) is 33.6 Å². The summed E-state index contributed by atoms with van der Waals surface area (Å²) in [5.41, 5.74) is 18.6. The SMILES string of the molecule is N/C=C(\NC(N)=NCc1cc(-c2ccccc2)n[nH]1)c1cccc(-c2ccccc2)c1. The zero-order valence-electron chi connectivity index (χ0n) is 17.0. The molecule has 0 unspecified atom stereocenters. The molecule has 0 aliphatic rings. The van der Waals surface area contributed by atoms with E-state index in [1.807, 2.05) is 66.7 Å². The first-order chi connectivity index (χ1) is 15.2. The Kier molecular flexibility index (Phi) is 6.09. The molecule has 0 atom stereocenters. The second-order valence-corrected chi connectivity index (χ2v) is 7.00. The highest BCUT2D eigenvalue weighted by Crippen LogP contribution is 2.22. The number of guanidine groups is 1. The maximum atomic E-state index is 6.11. The Morgan fingerprint density at radius 1 is 0.871 bits per heavy atom. The molecule has 0 saturated carbocycles. The molecule has 154 valence electrons. The van der Waals surface area contributed by atoms with Gasteiger partial charge in [0.25, 0.3) is 0 Å². The van der Waals surface area contributed by atoms with Crippen LogP contribution in [0.5, 0.6) is 0 Å². The number of nitrogens with zero attached hydrogens (tertiary/aromatic N) is 2. The van der Waals surface area contributed by atoms with E-state index in [1.54, 1.807) is 0 Å². The fourth-order valence-electron chi connectivity index (χ4n) is 3.25. The highest BCUT2D eigenvalue weighted by Gasteiger charge is 2.06. The van der Waals surface area contributed by atoms with Crippen molar-refractivity contribution in [2.75, 3.05) is 0 Å². The Balaban J connectivity index is 1.44. The van der Waals surface area contributed by atoms with Crippen LogP contribution < -0.4 is 16.8 Å². The number of nitrogens with two attached hydrogens (primary N) is 2. The van der Waals surface area contributed by atoms with Crippen molar-refractivity contribution in [2.45, 2.75) is 6.54 Å². The van der Waals surface area contributed by atoms with Crippen LogP contribution in [0.15, 0.2) is 102 Å². The number of hydrogen-bond acceptors (Lipinski definition) is 3. The van der Waals surface area contributed by atoms with E-state index in [0.29, 0.717) is 12.2 Å². The van der Waals surface area contributed by atoms with Gasteiger partial charge in [-0.1, -0.05) is 78.9 Å². The van der Waals surface area contributed by atoms with E-state index in [-0.39, 0.29) is 5.96 Å². The van der Waals surface area contributed by atoms with Crippen molar-refractivity contribution in [1.29, 1.82) is 0 Å². The smallest absolute Gasteiger partial charge is 0.193 e. The monoisotopic (exact) mass is 408 g/mol. The van der Waals surface area contributed by atoms with Crippen LogP contribution in [0.25, 0.3) is 28.1 Å². The maximum absolute atomic E-state index is 6.11. The van der Waals surface area contributed by atoms with Gasteiger partial charge in [0.15, 0.2) is 5.96 Å². The average molecular weight is 409 g/mol. The molecule has 6 N–H and O–H groups in total. The maximum Gasteiger partial charge on any atom is 0.193 e. The lowest BCUT2D eigenvalue weighted by Crippen LogP contribution is -2.30. The first-order valence-electron chi connectivity index (χ1n) is 9.97. The molecule has 0 radical (unpaired) electrons. The topological polar surface area (TPSA) is 105 Å². The number of nitrogens with one attached hydrogen (secondary N) is 2. The molecule has 1 aromatic heterocycles. The van der Waals surface area contributed by atoms with Crippen LogP contribution >= 0.6 is 0 Å². The quantitative estimate of drug-likeness (QED) is 0.285. The predicted octanol–water partition coefficient (Wildman–Crippen LogP) is 4.11. The minimum Gasteiger partial charge on any atom is -0.403 e. The third kappa shape index (κ3) is 5.00. The summed E-state index contributed by atoms with van der Waals surface area (Å²) in [6.45, 7) is 0.376. The van der Waals surface area contributed by atoms with Crippen molar-refractivity contribution in [1.82, 2.24) is 15.5 Å². The zero-order chi connectivity index (χ0) is 21.5. The average Bonchev–Trinajstić information content (AvgIpc) is 3.32. The molecule has 0 saturated heterocycles. The summed E-state index contributed by atoms with van der Waals surface area (Å²) in [5, 5.41) is 10.4. The lowest BCUT2D eigenvalue weighted by molar-refractivity contribution is 0.938. The van der Waals surface area contributed by atoms with E-state index in [4.69, 9.17) is 11.5 Å². The molecular weight excluding hydrogens is 384 g/mol. The highest BCUT2D eigenvalue weighted by molar-refractivity contribution is 5.88. The Labute approximate surface area is 181 Å². The Morgan fingerprint density at radius 3 is 2.26 bits per heavy atom. The van der Waals surface area contributed by atoms with Gasteiger partial charge in [-0.05, 0) is 23.3 Å². The van der Waals surface area contributed by atoms with Gasteiger partial charge in [0.2, 0.25) is 0 Å². The fourth-order valence-corrected chi connectivity index (χ4v) is 3.25. The summed E-state index contributed by atoms with van der Waals surface area (Å²) in [5.74, 6) is 0.276. The molecule has 31 heavy (non-hydrogen) atoms. The minimum atomic E-state index is 0.276. The van der Waals surface area contributed by atoms with Gasteiger partial charge in [0.05, 0.1) is 23.6 Å². The summed E-state index contributed by atoms with van der Waals surface area (Å²) in [7, 11) is 0. The van der Waals surface area contributed by atoms with Crippen LogP contribution in [0.3, 0.4) is 0 Å². The third-order valence-electron chi connectivity index (χ3n) is 4.83. The molecule has 4 rings (SSSR count). The Morgan fingerprint density at radius 2 is 1.55 bits per heavy atom. The number of H-pyrrole nitrogens is 1. The van der Waals surface area contributed by atoms with Gasteiger partial charge in [0, 0.05) is 17.3 Å². The van der Waals surface area contributed by atoms with Crippen molar-refractivity contribution in [3.05, 3.63) is 108 Å². The van der Waals surface area contributed by atoms with Crippen molar-refractivity contribution < 1.29 is 0 Å². The summed E-state index contributed by atoms with van der Waals surface area (Å²) in [6.07, 6.45) is 1.50. The molecule has 1 heterocycles. The molecule has 0 bridgehead atoms. The fraction of sp³-hybridized carbons (Fsp3) is 0.0400. The predicted molar refractivity (Wildman–Crippen MR) is 127 cm³/mol. The van der Waals surface area contributed by atoms with Gasteiger partial charge >= 0.3 is 0 Å². The molecule has 3 aromatic carbocycles.